The molecule has 21 heavy (non-hydrogen) atoms. The second kappa shape index (κ2) is 6.89. The Morgan fingerprint density at radius 3 is 2.33 bits per heavy atom. The monoisotopic (exact) mass is 305 g/mol. The van der Waals surface area contributed by atoms with E-state index in [9.17, 15) is 0 Å². The average molecular weight is 306 g/mol. The van der Waals surface area contributed by atoms with E-state index in [1.807, 2.05) is 36.5 Å². The van der Waals surface area contributed by atoms with Gasteiger partial charge in [0.1, 0.15) is 5.82 Å². The van der Waals surface area contributed by atoms with Crippen molar-refractivity contribution in [3.63, 3.8) is 0 Å². The number of nitrogens with zero attached hydrogens (tertiary/aromatic N) is 1. The minimum atomic E-state index is 0. The minimum absolute atomic E-state index is 0. The maximum Gasteiger partial charge on any atom is 0.126 e. The highest BCUT2D eigenvalue weighted by atomic mass is 35.5. The summed E-state index contributed by atoms with van der Waals surface area (Å²) in [4.78, 5) is 4.42. The Balaban J connectivity index is 0.00000161. The summed E-state index contributed by atoms with van der Waals surface area (Å²) in [6.45, 7) is 0.807. The first-order chi connectivity index (χ1) is 9.76. The molecule has 3 rings (SSSR count). The van der Waals surface area contributed by atoms with Gasteiger partial charge in [0, 0.05) is 24.7 Å². The number of nitrogens with two attached hydrogens (primary N) is 1. The fourth-order valence-electron chi connectivity index (χ4n) is 2.28. The minimum Gasteiger partial charge on any atom is -0.392 e. The van der Waals surface area contributed by atoms with Crippen molar-refractivity contribution in [1.82, 2.24) is 4.98 Å². The molecule has 1 heterocycles. The van der Waals surface area contributed by atoms with Crippen LogP contribution in [0.3, 0.4) is 0 Å². The summed E-state index contributed by atoms with van der Waals surface area (Å²) in [5.74, 6) is 1.37. The molecular weight excluding hydrogens is 286 g/mol. The number of aromatic nitrogens is 1. The number of aliphatic hydroxyl groups is 1. The molecule has 112 valence electrons. The van der Waals surface area contributed by atoms with Crippen LogP contribution >= 0.6 is 12.4 Å². The van der Waals surface area contributed by atoms with Crippen LogP contribution < -0.4 is 11.1 Å². The van der Waals surface area contributed by atoms with Crippen LogP contribution in [-0.2, 0) is 13.2 Å². The van der Waals surface area contributed by atoms with Crippen LogP contribution in [0.4, 0.5) is 5.82 Å². The first-order valence-electron chi connectivity index (χ1n) is 6.90. The normalized spacial score (nSPS) is 19.7. The fourth-order valence-corrected chi connectivity index (χ4v) is 2.28. The molecule has 2 aromatic rings. The van der Waals surface area contributed by atoms with Crippen LogP contribution in [-0.4, -0.2) is 16.1 Å². The number of aliphatic hydroxyl groups excluding tert-OH is 1. The predicted molar refractivity (Wildman–Crippen MR) is 86.5 cm³/mol. The van der Waals surface area contributed by atoms with E-state index in [4.69, 9.17) is 10.8 Å². The number of nitrogens with one attached hydrogen (secondary N) is 1. The van der Waals surface area contributed by atoms with Gasteiger partial charge in [0.2, 0.25) is 0 Å². The van der Waals surface area contributed by atoms with Crippen molar-refractivity contribution in [1.29, 1.82) is 0 Å². The number of rotatable bonds is 5. The van der Waals surface area contributed by atoms with E-state index in [1.165, 1.54) is 5.56 Å². The molecule has 1 aliphatic rings. The Morgan fingerprint density at radius 2 is 1.81 bits per heavy atom. The van der Waals surface area contributed by atoms with Crippen LogP contribution in [0, 0.1) is 0 Å². The highest BCUT2D eigenvalue weighted by Crippen LogP contribution is 2.38. The average Bonchev–Trinajstić information content (AvgIpc) is 3.23. The number of hydrogen-bond donors (Lipinski definition) is 3. The molecule has 0 unspecified atom stereocenters. The van der Waals surface area contributed by atoms with E-state index in [0.29, 0.717) is 12.0 Å². The molecule has 1 aliphatic carbocycles. The number of hydrogen-bond acceptors (Lipinski definition) is 4. The Labute approximate surface area is 130 Å². The third kappa shape index (κ3) is 3.94. The maximum atomic E-state index is 9.00. The van der Waals surface area contributed by atoms with Crippen molar-refractivity contribution in [3.05, 3.63) is 59.3 Å². The highest BCUT2D eigenvalue weighted by molar-refractivity contribution is 5.85. The van der Waals surface area contributed by atoms with Gasteiger partial charge in [0.15, 0.2) is 0 Å². The van der Waals surface area contributed by atoms with Gasteiger partial charge in [-0.15, -0.1) is 12.4 Å². The van der Waals surface area contributed by atoms with Gasteiger partial charge in [-0.25, -0.2) is 4.98 Å². The maximum absolute atomic E-state index is 9.00. The summed E-state index contributed by atoms with van der Waals surface area (Å²) in [5.41, 5.74) is 9.16. The lowest BCUT2D eigenvalue weighted by Crippen LogP contribution is -2.03. The number of anilines is 1. The topological polar surface area (TPSA) is 71.2 Å². The molecule has 1 aromatic heterocycles. The van der Waals surface area contributed by atoms with Gasteiger partial charge >= 0.3 is 0 Å². The van der Waals surface area contributed by atoms with E-state index >= 15 is 0 Å². The van der Waals surface area contributed by atoms with Gasteiger partial charge in [-0.3, -0.25) is 0 Å². The fraction of sp³-hybridized carbons (Fsp3) is 0.312. The summed E-state index contributed by atoms with van der Waals surface area (Å²) in [7, 11) is 0. The first kappa shape index (κ1) is 15.8. The summed E-state index contributed by atoms with van der Waals surface area (Å²) >= 11 is 0. The number of pyridine rings is 1. The first-order valence-corrected chi connectivity index (χ1v) is 6.90. The second-order valence-electron chi connectivity index (χ2n) is 5.31. The molecule has 0 amide bonds. The van der Waals surface area contributed by atoms with Crippen molar-refractivity contribution >= 4 is 18.2 Å². The van der Waals surface area contributed by atoms with Crippen LogP contribution in [0.5, 0.6) is 0 Å². The van der Waals surface area contributed by atoms with E-state index in [-0.39, 0.29) is 19.0 Å². The molecule has 4 nitrogen and oxygen atoms in total. The molecule has 1 aromatic carbocycles. The number of halogens is 1. The van der Waals surface area contributed by atoms with E-state index < -0.39 is 0 Å². The van der Waals surface area contributed by atoms with Crippen LogP contribution in [0.2, 0.25) is 0 Å². The summed E-state index contributed by atoms with van der Waals surface area (Å²) in [6.07, 6.45) is 2.99. The predicted octanol–water partition coefficient (Wildman–Crippen LogP) is 2.42. The summed E-state index contributed by atoms with van der Waals surface area (Å²) in [6, 6.07) is 12.3. The number of benzene rings is 1. The molecule has 0 saturated heterocycles. The summed E-state index contributed by atoms with van der Waals surface area (Å²) in [5, 5.41) is 12.3. The van der Waals surface area contributed by atoms with Crippen molar-refractivity contribution in [2.24, 2.45) is 5.73 Å². The molecule has 0 spiro atoms. The van der Waals surface area contributed by atoms with Crippen LogP contribution in [0.25, 0.3) is 0 Å². The summed E-state index contributed by atoms with van der Waals surface area (Å²) < 4.78 is 0. The highest BCUT2D eigenvalue weighted by Gasteiger charge is 2.34. The van der Waals surface area contributed by atoms with E-state index in [0.717, 1.165) is 29.9 Å². The second-order valence-corrected chi connectivity index (χ2v) is 5.31. The lowest BCUT2D eigenvalue weighted by atomic mass is 10.1. The third-order valence-electron chi connectivity index (χ3n) is 3.73. The van der Waals surface area contributed by atoms with Crippen molar-refractivity contribution in [3.8, 4) is 0 Å². The molecule has 0 radical (unpaired) electrons. The lowest BCUT2D eigenvalue weighted by Gasteiger charge is -2.07. The molecule has 4 N–H and O–H groups in total. The molecule has 0 bridgehead atoms. The standard InChI is InChI=1S/C16H19N3O.ClH/c17-15-7-14(15)13-5-6-16(19-9-13)18-8-11-1-3-12(10-20)4-2-11;/h1-6,9,14-15,20H,7-8,10,17H2,(H,18,19);1H/t14-,15+;/m1./s1. The SMILES string of the molecule is Cl.N[C@H]1C[C@@H]1c1ccc(NCc2ccc(CO)cc2)nc1. The van der Waals surface area contributed by atoms with Gasteiger partial charge in [0.05, 0.1) is 6.61 Å². The molecule has 1 fully saturated rings. The molecule has 0 aliphatic heterocycles. The Kier molecular flexibility index (Phi) is 5.17. The quantitative estimate of drug-likeness (QED) is 0.793. The van der Waals surface area contributed by atoms with E-state index in [1.54, 1.807) is 0 Å². The van der Waals surface area contributed by atoms with Gasteiger partial charge in [-0.2, -0.15) is 0 Å². The van der Waals surface area contributed by atoms with Crippen molar-refractivity contribution < 1.29 is 5.11 Å². The van der Waals surface area contributed by atoms with Crippen LogP contribution in [0.1, 0.15) is 29.0 Å². The van der Waals surface area contributed by atoms with Crippen molar-refractivity contribution in [2.45, 2.75) is 31.5 Å². The molecule has 1 saturated carbocycles. The van der Waals surface area contributed by atoms with Gasteiger partial charge in [-0.1, -0.05) is 30.3 Å². The van der Waals surface area contributed by atoms with Crippen molar-refractivity contribution in [2.75, 3.05) is 5.32 Å². The van der Waals surface area contributed by atoms with Gasteiger partial charge in [0.25, 0.3) is 0 Å². The Hall–Kier alpha value is -1.62. The van der Waals surface area contributed by atoms with Crippen LogP contribution in [0.15, 0.2) is 42.6 Å². The van der Waals surface area contributed by atoms with Gasteiger partial charge in [-0.05, 0) is 29.2 Å². The zero-order valence-corrected chi connectivity index (χ0v) is 12.5. The zero-order chi connectivity index (χ0) is 13.9. The molecular formula is C16H20ClN3O. The molecule has 5 heteroatoms. The lowest BCUT2D eigenvalue weighted by molar-refractivity contribution is 0.282. The Morgan fingerprint density at radius 1 is 1.14 bits per heavy atom. The zero-order valence-electron chi connectivity index (χ0n) is 11.7. The van der Waals surface area contributed by atoms with Gasteiger partial charge < -0.3 is 16.2 Å². The third-order valence-corrected chi connectivity index (χ3v) is 3.73. The Bertz CT molecular complexity index is 571. The largest absolute Gasteiger partial charge is 0.392 e. The molecule has 2 atom stereocenters. The van der Waals surface area contributed by atoms with E-state index in [2.05, 4.69) is 16.4 Å². The smallest absolute Gasteiger partial charge is 0.126 e.